The van der Waals surface area contributed by atoms with Crippen molar-refractivity contribution in [1.82, 2.24) is 9.36 Å². The molecule has 0 N–H and O–H groups in total. The first-order valence-electron chi connectivity index (χ1n) is 6.14. The zero-order valence-electron chi connectivity index (χ0n) is 10.8. The van der Waals surface area contributed by atoms with Crippen LogP contribution in [0.1, 0.15) is 15.4 Å². The third kappa shape index (κ3) is 2.02. The van der Waals surface area contributed by atoms with Crippen LogP contribution in [0.15, 0.2) is 58.7 Å². The van der Waals surface area contributed by atoms with E-state index in [-0.39, 0.29) is 11.5 Å². The zero-order valence-corrected chi connectivity index (χ0v) is 11.6. The van der Waals surface area contributed by atoms with Crippen molar-refractivity contribution < 1.29 is 4.79 Å². The van der Waals surface area contributed by atoms with E-state index >= 15 is 0 Å². The molecule has 0 aliphatic carbocycles. The van der Waals surface area contributed by atoms with Gasteiger partial charge in [-0.1, -0.05) is 24.3 Å². The van der Waals surface area contributed by atoms with Gasteiger partial charge in [0.1, 0.15) is 0 Å². The van der Waals surface area contributed by atoms with E-state index in [2.05, 4.69) is 0 Å². The van der Waals surface area contributed by atoms with Crippen LogP contribution < -0.4 is 5.56 Å². The van der Waals surface area contributed by atoms with Crippen LogP contribution in [0.4, 0.5) is 0 Å². The van der Waals surface area contributed by atoms with E-state index in [0.29, 0.717) is 16.3 Å². The summed E-state index contributed by atoms with van der Waals surface area (Å²) in [6.45, 7) is 1.76. The number of thiophene rings is 1. The number of carbonyl (C=O) groups is 1. The number of hydrogen-bond acceptors (Lipinski definition) is 3. The van der Waals surface area contributed by atoms with Crippen molar-refractivity contribution in [1.29, 1.82) is 0 Å². The van der Waals surface area contributed by atoms with Crippen LogP contribution >= 0.6 is 11.3 Å². The summed E-state index contributed by atoms with van der Waals surface area (Å²) in [6, 6.07) is 14.2. The molecule has 0 saturated carbocycles. The van der Waals surface area contributed by atoms with Crippen molar-refractivity contribution in [2.75, 3.05) is 0 Å². The van der Waals surface area contributed by atoms with Crippen molar-refractivity contribution in [3.05, 3.63) is 74.8 Å². The molecular formula is C15H12N2O2S. The molecule has 0 atom stereocenters. The Morgan fingerprint density at radius 3 is 2.50 bits per heavy atom. The Morgan fingerprint density at radius 2 is 1.85 bits per heavy atom. The molecule has 1 aromatic carbocycles. The van der Waals surface area contributed by atoms with E-state index in [1.165, 1.54) is 26.8 Å². The lowest BCUT2D eigenvalue weighted by Crippen LogP contribution is -2.26. The molecule has 3 aromatic rings. The first kappa shape index (κ1) is 12.6. The molecule has 20 heavy (non-hydrogen) atoms. The van der Waals surface area contributed by atoms with Gasteiger partial charge in [0.2, 0.25) is 0 Å². The lowest BCUT2D eigenvalue weighted by atomic mass is 10.3. The van der Waals surface area contributed by atoms with Gasteiger partial charge in [0.25, 0.3) is 11.5 Å². The summed E-state index contributed by atoms with van der Waals surface area (Å²) < 4.78 is 2.82. The van der Waals surface area contributed by atoms with Crippen molar-refractivity contribution in [2.45, 2.75) is 6.92 Å². The fourth-order valence-corrected chi connectivity index (χ4v) is 2.77. The highest BCUT2D eigenvalue weighted by atomic mass is 32.1. The number of hydrogen-bond donors (Lipinski definition) is 0. The average Bonchev–Trinajstić information content (AvgIpc) is 3.07. The molecule has 100 valence electrons. The predicted octanol–water partition coefficient (Wildman–Crippen LogP) is 2.70. The number of benzene rings is 1. The van der Waals surface area contributed by atoms with Gasteiger partial charge in [0.05, 0.1) is 10.6 Å². The molecule has 0 aliphatic heterocycles. The van der Waals surface area contributed by atoms with E-state index in [0.717, 1.165) is 0 Å². The summed E-state index contributed by atoms with van der Waals surface area (Å²) in [5.41, 5.74) is 1.09. The first-order valence-corrected chi connectivity index (χ1v) is 7.02. The summed E-state index contributed by atoms with van der Waals surface area (Å²) >= 11 is 1.36. The topological polar surface area (TPSA) is 44.0 Å². The molecule has 0 radical (unpaired) electrons. The number of aryl methyl sites for hydroxylation is 1. The van der Waals surface area contributed by atoms with Crippen LogP contribution in [0.2, 0.25) is 0 Å². The number of para-hydroxylation sites is 1. The molecule has 0 spiro atoms. The van der Waals surface area contributed by atoms with E-state index in [4.69, 9.17) is 0 Å². The van der Waals surface area contributed by atoms with Crippen LogP contribution in [0.25, 0.3) is 5.69 Å². The maximum absolute atomic E-state index is 12.5. The van der Waals surface area contributed by atoms with Gasteiger partial charge in [-0.2, -0.15) is 0 Å². The maximum Gasteiger partial charge on any atom is 0.287 e. The van der Waals surface area contributed by atoms with Gasteiger partial charge in [-0.3, -0.25) is 9.59 Å². The number of nitrogens with zero attached hydrogens (tertiary/aromatic N) is 2. The monoisotopic (exact) mass is 284 g/mol. The van der Waals surface area contributed by atoms with Gasteiger partial charge >= 0.3 is 0 Å². The van der Waals surface area contributed by atoms with Gasteiger partial charge < -0.3 is 0 Å². The number of rotatable bonds is 2. The van der Waals surface area contributed by atoms with Crippen LogP contribution in [0.3, 0.4) is 0 Å². The highest BCUT2D eigenvalue weighted by molar-refractivity contribution is 7.12. The standard InChI is InChI=1S/C15H12N2O2S/c1-11-10-14(18)17(12-6-3-2-4-7-12)16(11)15(19)13-8-5-9-20-13/h2-10H,1H3. The summed E-state index contributed by atoms with van der Waals surface area (Å²) in [5.74, 6) is -0.191. The van der Waals surface area contributed by atoms with E-state index in [9.17, 15) is 9.59 Å². The molecule has 0 bridgehead atoms. The Labute approximate surface area is 119 Å². The summed E-state index contributed by atoms with van der Waals surface area (Å²) in [7, 11) is 0. The van der Waals surface area contributed by atoms with Crippen LogP contribution in [-0.4, -0.2) is 15.3 Å². The molecule has 0 saturated heterocycles. The smallest absolute Gasteiger partial charge is 0.267 e. The van der Waals surface area contributed by atoms with Crippen LogP contribution in [0.5, 0.6) is 0 Å². The molecule has 0 unspecified atom stereocenters. The Kier molecular flexibility index (Phi) is 3.12. The SMILES string of the molecule is Cc1cc(=O)n(-c2ccccc2)n1C(=O)c1cccs1. The van der Waals surface area contributed by atoms with Crippen molar-refractivity contribution >= 4 is 17.2 Å². The molecular weight excluding hydrogens is 272 g/mol. The second kappa shape index (κ2) is 4.94. The third-order valence-electron chi connectivity index (χ3n) is 3.00. The van der Waals surface area contributed by atoms with E-state index in [1.807, 2.05) is 29.6 Å². The van der Waals surface area contributed by atoms with Crippen LogP contribution in [0, 0.1) is 6.92 Å². The molecule has 2 heterocycles. The third-order valence-corrected chi connectivity index (χ3v) is 3.86. The van der Waals surface area contributed by atoms with Crippen molar-refractivity contribution in [3.8, 4) is 5.69 Å². The Bertz CT molecular complexity index is 798. The van der Waals surface area contributed by atoms with Crippen molar-refractivity contribution in [2.24, 2.45) is 0 Å². The van der Waals surface area contributed by atoms with Crippen molar-refractivity contribution in [3.63, 3.8) is 0 Å². The number of carbonyl (C=O) groups excluding carboxylic acids is 1. The largest absolute Gasteiger partial charge is 0.287 e. The van der Waals surface area contributed by atoms with Gasteiger partial charge in [-0.05, 0) is 30.5 Å². The van der Waals surface area contributed by atoms with E-state index in [1.54, 1.807) is 25.1 Å². The maximum atomic E-state index is 12.5. The minimum absolute atomic E-state index is 0.191. The lowest BCUT2D eigenvalue weighted by Gasteiger charge is -2.11. The second-order valence-electron chi connectivity index (χ2n) is 4.37. The first-order chi connectivity index (χ1) is 9.68. The normalized spacial score (nSPS) is 10.7. The molecule has 3 rings (SSSR count). The Balaban J connectivity index is 2.22. The number of aromatic nitrogens is 2. The molecule has 0 aliphatic rings. The highest BCUT2D eigenvalue weighted by Gasteiger charge is 2.18. The summed E-state index contributed by atoms with van der Waals surface area (Å²) in [4.78, 5) is 25.3. The predicted molar refractivity (Wildman–Crippen MR) is 78.8 cm³/mol. The minimum Gasteiger partial charge on any atom is -0.267 e. The highest BCUT2D eigenvalue weighted by Crippen LogP contribution is 2.14. The Morgan fingerprint density at radius 1 is 1.10 bits per heavy atom. The molecule has 2 aromatic heterocycles. The molecule has 0 fully saturated rings. The quantitative estimate of drug-likeness (QED) is 0.726. The molecule has 5 heteroatoms. The Hall–Kier alpha value is -2.40. The van der Waals surface area contributed by atoms with Gasteiger partial charge in [-0.25, -0.2) is 9.36 Å². The second-order valence-corrected chi connectivity index (χ2v) is 5.31. The summed E-state index contributed by atoms with van der Waals surface area (Å²) in [5, 5.41) is 1.84. The lowest BCUT2D eigenvalue weighted by molar-refractivity contribution is 0.0937. The molecule has 0 amide bonds. The fourth-order valence-electron chi connectivity index (χ4n) is 2.12. The van der Waals surface area contributed by atoms with Crippen LogP contribution in [-0.2, 0) is 0 Å². The minimum atomic E-state index is -0.210. The van der Waals surface area contributed by atoms with Gasteiger partial charge in [-0.15, -0.1) is 11.3 Å². The average molecular weight is 284 g/mol. The van der Waals surface area contributed by atoms with Gasteiger partial charge in [0.15, 0.2) is 0 Å². The zero-order chi connectivity index (χ0) is 14.1. The summed E-state index contributed by atoms with van der Waals surface area (Å²) in [6.07, 6.45) is 0. The van der Waals surface area contributed by atoms with E-state index < -0.39 is 0 Å². The fraction of sp³-hybridized carbons (Fsp3) is 0.0667. The van der Waals surface area contributed by atoms with Gasteiger partial charge in [0, 0.05) is 11.8 Å². The molecule has 4 nitrogen and oxygen atoms in total.